The molecular weight excluding hydrogens is 252 g/mol. The van der Waals surface area contributed by atoms with Gasteiger partial charge in [0, 0.05) is 32.3 Å². The molecule has 0 aliphatic heterocycles. The summed E-state index contributed by atoms with van der Waals surface area (Å²) in [5.41, 5.74) is 1.08. The first-order chi connectivity index (χ1) is 9.72. The van der Waals surface area contributed by atoms with Crippen LogP contribution in [-0.4, -0.2) is 30.9 Å². The molecule has 20 heavy (non-hydrogen) atoms. The molecule has 0 bridgehead atoms. The van der Waals surface area contributed by atoms with Crippen molar-refractivity contribution in [3.63, 3.8) is 0 Å². The van der Waals surface area contributed by atoms with Crippen LogP contribution >= 0.6 is 0 Å². The lowest BCUT2D eigenvalue weighted by Crippen LogP contribution is -2.13. The van der Waals surface area contributed by atoms with Gasteiger partial charge in [-0.25, -0.2) is 9.97 Å². The van der Waals surface area contributed by atoms with Crippen LogP contribution in [0.4, 0.5) is 5.95 Å². The minimum absolute atomic E-state index is 0.617. The van der Waals surface area contributed by atoms with Crippen LogP contribution in [0.15, 0.2) is 12.5 Å². The molecule has 6 nitrogen and oxygen atoms in total. The highest BCUT2D eigenvalue weighted by Gasteiger charge is 2.19. The van der Waals surface area contributed by atoms with E-state index in [2.05, 4.69) is 38.1 Å². The Morgan fingerprint density at radius 2 is 2.15 bits per heavy atom. The molecule has 0 atom stereocenters. The zero-order chi connectivity index (χ0) is 13.9. The number of rotatable bonds is 5. The normalized spacial score (nSPS) is 15.9. The van der Waals surface area contributed by atoms with E-state index in [-0.39, 0.29) is 0 Å². The number of anilines is 1. The van der Waals surface area contributed by atoms with Crippen LogP contribution in [-0.2, 0) is 13.5 Å². The fourth-order valence-corrected chi connectivity index (χ4v) is 2.89. The van der Waals surface area contributed by atoms with Crippen molar-refractivity contribution in [1.29, 1.82) is 0 Å². The maximum atomic E-state index is 4.60. The largest absolute Gasteiger partial charge is 0.355 e. The van der Waals surface area contributed by atoms with E-state index in [0.29, 0.717) is 6.04 Å². The Bertz CT molecular complexity index is 564. The molecule has 1 aliphatic rings. The molecule has 1 fully saturated rings. The van der Waals surface area contributed by atoms with E-state index in [9.17, 15) is 0 Å². The molecule has 0 saturated heterocycles. The number of aromatic nitrogens is 5. The summed E-state index contributed by atoms with van der Waals surface area (Å²) in [4.78, 5) is 8.83. The van der Waals surface area contributed by atoms with E-state index >= 15 is 0 Å². The van der Waals surface area contributed by atoms with Gasteiger partial charge in [-0.05, 0) is 19.8 Å². The van der Waals surface area contributed by atoms with Crippen molar-refractivity contribution in [3.8, 4) is 0 Å². The third-order valence-corrected chi connectivity index (χ3v) is 3.85. The van der Waals surface area contributed by atoms with E-state index < -0.39 is 0 Å². The number of aryl methyl sites for hydroxylation is 2. The summed E-state index contributed by atoms with van der Waals surface area (Å²) in [7, 11) is 1.89. The van der Waals surface area contributed by atoms with E-state index in [1.54, 1.807) is 11.0 Å². The molecule has 108 valence electrons. The van der Waals surface area contributed by atoms with Crippen LogP contribution in [0, 0.1) is 6.92 Å². The predicted octanol–water partition coefficient (Wildman–Crippen LogP) is 2.09. The summed E-state index contributed by atoms with van der Waals surface area (Å²) in [6.07, 6.45) is 9.92. The summed E-state index contributed by atoms with van der Waals surface area (Å²) < 4.78 is 4.05. The number of hydrogen-bond acceptors (Lipinski definition) is 4. The molecule has 0 spiro atoms. The zero-order valence-corrected chi connectivity index (χ0v) is 12.2. The minimum Gasteiger partial charge on any atom is -0.355 e. The second-order valence-electron chi connectivity index (χ2n) is 5.56. The third-order valence-electron chi connectivity index (χ3n) is 3.85. The van der Waals surface area contributed by atoms with Gasteiger partial charge in [0.1, 0.15) is 6.33 Å². The molecule has 2 aromatic rings. The van der Waals surface area contributed by atoms with E-state index in [0.717, 1.165) is 30.4 Å². The van der Waals surface area contributed by atoms with Crippen molar-refractivity contribution < 1.29 is 0 Å². The van der Waals surface area contributed by atoms with Crippen molar-refractivity contribution in [2.24, 2.45) is 7.05 Å². The molecule has 0 radical (unpaired) electrons. The van der Waals surface area contributed by atoms with Gasteiger partial charge in [0.25, 0.3) is 0 Å². The van der Waals surface area contributed by atoms with Gasteiger partial charge in [-0.15, -0.1) is 0 Å². The summed E-state index contributed by atoms with van der Waals surface area (Å²) in [6, 6.07) is 0.617. The van der Waals surface area contributed by atoms with Crippen LogP contribution in [0.2, 0.25) is 0 Å². The Morgan fingerprint density at radius 1 is 1.35 bits per heavy atom. The first-order valence-electron chi connectivity index (χ1n) is 7.36. The van der Waals surface area contributed by atoms with Gasteiger partial charge in [-0.3, -0.25) is 4.68 Å². The van der Waals surface area contributed by atoms with Crippen LogP contribution in [0.1, 0.15) is 43.2 Å². The predicted molar refractivity (Wildman–Crippen MR) is 77.7 cm³/mol. The summed E-state index contributed by atoms with van der Waals surface area (Å²) in [5, 5.41) is 7.72. The summed E-state index contributed by atoms with van der Waals surface area (Å²) in [5.74, 6) is 1.86. The number of nitrogens with zero attached hydrogens (tertiary/aromatic N) is 5. The lowest BCUT2D eigenvalue weighted by molar-refractivity contribution is 0.522. The molecule has 6 heteroatoms. The van der Waals surface area contributed by atoms with Gasteiger partial charge in [0.2, 0.25) is 5.95 Å². The fourth-order valence-electron chi connectivity index (χ4n) is 2.89. The average molecular weight is 274 g/mol. The Morgan fingerprint density at radius 3 is 2.85 bits per heavy atom. The molecule has 0 aromatic carbocycles. The second kappa shape index (κ2) is 5.64. The quantitative estimate of drug-likeness (QED) is 0.907. The lowest BCUT2D eigenvalue weighted by atomic mass is 10.2. The third kappa shape index (κ3) is 2.84. The first kappa shape index (κ1) is 13.1. The van der Waals surface area contributed by atoms with Gasteiger partial charge in [-0.2, -0.15) is 5.10 Å². The topological polar surface area (TPSA) is 60.6 Å². The fraction of sp³-hybridized carbons (Fsp3) is 0.643. The van der Waals surface area contributed by atoms with Crippen LogP contribution < -0.4 is 5.32 Å². The molecule has 2 aromatic heterocycles. The van der Waals surface area contributed by atoms with Crippen LogP contribution in [0.5, 0.6) is 0 Å². The Balaban J connectivity index is 1.62. The molecule has 0 unspecified atom stereocenters. The summed E-state index contributed by atoms with van der Waals surface area (Å²) in [6.45, 7) is 2.87. The lowest BCUT2D eigenvalue weighted by Gasteiger charge is -2.15. The maximum Gasteiger partial charge on any atom is 0.203 e. The average Bonchev–Trinajstić information content (AvgIpc) is 3.11. The number of hydrogen-bond donors (Lipinski definition) is 1. The Hall–Kier alpha value is -1.85. The van der Waals surface area contributed by atoms with Crippen molar-refractivity contribution >= 4 is 5.95 Å². The van der Waals surface area contributed by atoms with E-state index in [4.69, 9.17) is 0 Å². The van der Waals surface area contributed by atoms with Crippen molar-refractivity contribution in [2.45, 2.75) is 45.1 Å². The van der Waals surface area contributed by atoms with Gasteiger partial charge >= 0.3 is 0 Å². The molecule has 0 amide bonds. The monoisotopic (exact) mass is 274 g/mol. The number of imidazole rings is 1. The van der Waals surface area contributed by atoms with Crippen molar-refractivity contribution in [1.82, 2.24) is 24.3 Å². The summed E-state index contributed by atoms with van der Waals surface area (Å²) >= 11 is 0. The Labute approximate surface area is 119 Å². The zero-order valence-electron chi connectivity index (χ0n) is 12.2. The molecule has 1 saturated carbocycles. The van der Waals surface area contributed by atoms with Gasteiger partial charge in [0.15, 0.2) is 5.82 Å². The highest BCUT2D eigenvalue weighted by molar-refractivity contribution is 5.30. The van der Waals surface area contributed by atoms with Crippen molar-refractivity contribution in [3.05, 3.63) is 24.0 Å². The second-order valence-corrected chi connectivity index (χ2v) is 5.56. The van der Waals surface area contributed by atoms with Crippen LogP contribution in [0.25, 0.3) is 0 Å². The van der Waals surface area contributed by atoms with Crippen LogP contribution in [0.3, 0.4) is 0 Å². The standard InChI is InChI=1S/C14H22N6/c1-11-9-20(12-5-3-4-6-12)14(17-11)15-8-7-13-16-10-19(2)18-13/h9-10,12H,3-8H2,1-2H3,(H,15,17). The molecule has 2 heterocycles. The first-order valence-corrected chi connectivity index (χ1v) is 7.36. The van der Waals surface area contributed by atoms with Gasteiger partial charge in [-0.1, -0.05) is 12.8 Å². The van der Waals surface area contributed by atoms with Crippen molar-refractivity contribution in [2.75, 3.05) is 11.9 Å². The highest BCUT2D eigenvalue weighted by Crippen LogP contribution is 2.31. The minimum atomic E-state index is 0.617. The van der Waals surface area contributed by atoms with Gasteiger partial charge in [0.05, 0.1) is 5.69 Å². The van der Waals surface area contributed by atoms with Gasteiger partial charge < -0.3 is 9.88 Å². The number of nitrogens with one attached hydrogen (secondary N) is 1. The highest BCUT2D eigenvalue weighted by atomic mass is 15.3. The molecule has 1 N–H and O–H groups in total. The molecular formula is C14H22N6. The molecule has 3 rings (SSSR count). The molecule has 1 aliphatic carbocycles. The Kier molecular flexibility index (Phi) is 3.71. The SMILES string of the molecule is Cc1cn(C2CCCC2)c(NCCc2ncn(C)n2)n1. The van der Waals surface area contributed by atoms with E-state index in [1.165, 1.54) is 25.7 Å². The smallest absolute Gasteiger partial charge is 0.203 e. The maximum absolute atomic E-state index is 4.60. The van der Waals surface area contributed by atoms with E-state index in [1.807, 2.05) is 7.05 Å².